The Bertz CT molecular complexity index is 1070. The fraction of sp³-hybridized carbons (Fsp3) is 0.250. The molecule has 6 nitrogen and oxygen atoms in total. The molecule has 158 valence electrons. The normalized spacial score (nSPS) is 11.5. The van der Waals surface area contributed by atoms with Crippen molar-refractivity contribution >= 4 is 17.7 Å². The Morgan fingerprint density at radius 3 is 2.60 bits per heavy atom. The maximum Gasteiger partial charge on any atom is 0.416 e. The third-order valence-corrected chi connectivity index (χ3v) is 5.16. The molecule has 0 atom stereocenters. The van der Waals surface area contributed by atoms with Crippen LogP contribution in [-0.4, -0.2) is 32.7 Å². The zero-order valence-corrected chi connectivity index (χ0v) is 16.9. The van der Waals surface area contributed by atoms with Crippen LogP contribution in [0.1, 0.15) is 22.5 Å². The average Bonchev–Trinajstić information content (AvgIpc) is 3.05. The van der Waals surface area contributed by atoms with Gasteiger partial charge in [-0.1, -0.05) is 6.07 Å². The number of aliphatic carboxylic acids is 1. The second-order valence-corrected chi connectivity index (χ2v) is 7.52. The lowest BCUT2D eigenvalue weighted by Gasteiger charge is -2.08. The lowest BCUT2D eigenvalue weighted by atomic mass is 10.2. The van der Waals surface area contributed by atoms with Gasteiger partial charge >= 0.3 is 12.1 Å². The smallest absolute Gasteiger partial charge is 0.416 e. The van der Waals surface area contributed by atoms with Gasteiger partial charge in [0, 0.05) is 10.6 Å². The minimum absolute atomic E-state index is 0.236. The summed E-state index contributed by atoms with van der Waals surface area (Å²) in [6, 6.07) is 10.2. The number of alkyl halides is 3. The van der Waals surface area contributed by atoms with E-state index in [2.05, 4.69) is 10.2 Å². The molecular formula is C20H18F3N3O3S. The van der Waals surface area contributed by atoms with Crippen LogP contribution in [0.15, 0.2) is 47.4 Å². The SMILES string of the molecule is Cc1cc(SCc2nn(-c3cccc(C(F)(F)F)c3)nc2C)ccc1OCC(=O)O. The Morgan fingerprint density at radius 2 is 1.93 bits per heavy atom. The van der Waals surface area contributed by atoms with Crippen LogP contribution in [0.2, 0.25) is 0 Å². The van der Waals surface area contributed by atoms with Crippen molar-refractivity contribution in [3.05, 3.63) is 65.0 Å². The number of nitrogens with zero attached hydrogens (tertiary/aromatic N) is 3. The molecule has 10 heteroatoms. The van der Waals surface area contributed by atoms with Crippen LogP contribution in [-0.2, 0) is 16.7 Å². The van der Waals surface area contributed by atoms with Crippen LogP contribution in [0.25, 0.3) is 5.69 Å². The largest absolute Gasteiger partial charge is 0.482 e. The summed E-state index contributed by atoms with van der Waals surface area (Å²) in [5.74, 6) is -0.0832. The Labute approximate surface area is 174 Å². The van der Waals surface area contributed by atoms with Crippen molar-refractivity contribution in [2.24, 2.45) is 0 Å². The second-order valence-electron chi connectivity index (χ2n) is 6.47. The maximum atomic E-state index is 12.9. The Balaban J connectivity index is 1.71. The van der Waals surface area contributed by atoms with Gasteiger partial charge < -0.3 is 9.84 Å². The van der Waals surface area contributed by atoms with Gasteiger partial charge in [0.25, 0.3) is 0 Å². The lowest BCUT2D eigenvalue weighted by Crippen LogP contribution is -2.09. The fourth-order valence-corrected chi connectivity index (χ4v) is 3.62. The summed E-state index contributed by atoms with van der Waals surface area (Å²) >= 11 is 1.48. The number of halogens is 3. The van der Waals surface area contributed by atoms with Crippen molar-refractivity contribution in [3.8, 4) is 11.4 Å². The first-order valence-electron chi connectivity index (χ1n) is 8.82. The summed E-state index contributed by atoms with van der Waals surface area (Å²) in [4.78, 5) is 12.7. The molecule has 0 saturated carbocycles. The van der Waals surface area contributed by atoms with Gasteiger partial charge in [0.1, 0.15) is 5.75 Å². The van der Waals surface area contributed by atoms with Crippen molar-refractivity contribution in [2.75, 3.05) is 6.61 Å². The van der Waals surface area contributed by atoms with Gasteiger partial charge in [-0.2, -0.15) is 28.2 Å². The highest BCUT2D eigenvalue weighted by Gasteiger charge is 2.30. The van der Waals surface area contributed by atoms with Gasteiger partial charge in [-0.3, -0.25) is 0 Å². The van der Waals surface area contributed by atoms with Crippen molar-refractivity contribution in [1.29, 1.82) is 0 Å². The van der Waals surface area contributed by atoms with Gasteiger partial charge in [-0.25, -0.2) is 4.79 Å². The molecular weight excluding hydrogens is 419 g/mol. The highest BCUT2D eigenvalue weighted by molar-refractivity contribution is 7.98. The highest BCUT2D eigenvalue weighted by atomic mass is 32.2. The third kappa shape index (κ3) is 5.32. The molecule has 2 aromatic carbocycles. The molecule has 0 bridgehead atoms. The topological polar surface area (TPSA) is 77.2 Å². The molecule has 0 spiro atoms. The quantitative estimate of drug-likeness (QED) is 0.542. The summed E-state index contributed by atoms with van der Waals surface area (Å²) in [7, 11) is 0. The van der Waals surface area contributed by atoms with Crippen LogP contribution < -0.4 is 4.74 Å². The molecule has 3 rings (SSSR count). The molecule has 30 heavy (non-hydrogen) atoms. The molecule has 0 unspecified atom stereocenters. The Kier molecular flexibility index (Phi) is 6.35. The number of aryl methyl sites for hydroxylation is 2. The predicted molar refractivity (Wildman–Crippen MR) is 105 cm³/mol. The summed E-state index contributed by atoms with van der Waals surface area (Å²) in [5.41, 5.74) is 1.55. The first kappa shape index (κ1) is 21.7. The number of thioether (sulfide) groups is 1. The summed E-state index contributed by atoms with van der Waals surface area (Å²) in [6.45, 7) is 3.16. The zero-order chi connectivity index (χ0) is 21.9. The van der Waals surface area contributed by atoms with Crippen molar-refractivity contribution in [1.82, 2.24) is 15.0 Å². The van der Waals surface area contributed by atoms with Gasteiger partial charge in [0.15, 0.2) is 6.61 Å². The number of rotatable bonds is 7. The van der Waals surface area contributed by atoms with E-state index in [9.17, 15) is 18.0 Å². The van der Waals surface area contributed by atoms with Gasteiger partial charge in [0.2, 0.25) is 0 Å². The minimum atomic E-state index is -4.44. The second kappa shape index (κ2) is 8.78. The number of ether oxygens (including phenoxy) is 1. The Hall–Kier alpha value is -3.01. The highest BCUT2D eigenvalue weighted by Crippen LogP contribution is 2.31. The molecule has 0 saturated heterocycles. The fourth-order valence-electron chi connectivity index (χ4n) is 2.63. The van der Waals surface area contributed by atoms with E-state index in [-0.39, 0.29) is 5.69 Å². The van der Waals surface area contributed by atoms with Crippen molar-refractivity contribution < 1.29 is 27.8 Å². The first-order valence-corrected chi connectivity index (χ1v) is 9.80. The molecule has 0 amide bonds. The maximum absolute atomic E-state index is 12.9. The van der Waals surface area contributed by atoms with Gasteiger partial charge in [-0.05, 0) is 55.8 Å². The lowest BCUT2D eigenvalue weighted by molar-refractivity contribution is -0.139. The van der Waals surface area contributed by atoms with Crippen LogP contribution in [0.5, 0.6) is 5.75 Å². The van der Waals surface area contributed by atoms with E-state index >= 15 is 0 Å². The Morgan fingerprint density at radius 1 is 1.17 bits per heavy atom. The predicted octanol–water partition coefficient (Wildman–Crippen LogP) is 4.66. The van der Waals surface area contributed by atoms with Crippen LogP contribution in [0.4, 0.5) is 13.2 Å². The number of aromatic nitrogens is 3. The van der Waals surface area contributed by atoms with Gasteiger partial charge in [0.05, 0.1) is 22.6 Å². The molecule has 0 radical (unpaired) electrons. The minimum Gasteiger partial charge on any atom is -0.482 e. The van der Waals surface area contributed by atoms with Crippen LogP contribution >= 0.6 is 11.8 Å². The molecule has 0 aliphatic rings. The van der Waals surface area contributed by atoms with Gasteiger partial charge in [-0.15, -0.1) is 11.8 Å². The van der Waals surface area contributed by atoms with E-state index in [1.54, 1.807) is 19.1 Å². The van der Waals surface area contributed by atoms with E-state index in [1.807, 2.05) is 13.0 Å². The number of hydrogen-bond acceptors (Lipinski definition) is 5. The van der Waals surface area contributed by atoms with Crippen LogP contribution in [0.3, 0.4) is 0 Å². The van der Waals surface area contributed by atoms with Crippen LogP contribution in [0, 0.1) is 13.8 Å². The molecule has 1 N–H and O–H groups in total. The molecule has 1 heterocycles. The number of hydrogen-bond donors (Lipinski definition) is 1. The number of carboxylic acids is 1. The zero-order valence-electron chi connectivity index (χ0n) is 16.1. The summed E-state index contributed by atoms with van der Waals surface area (Å²) < 4.78 is 44.0. The molecule has 0 aliphatic carbocycles. The third-order valence-electron chi connectivity index (χ3n) is 4.16. The molecule has 0 fully saturated rings. The number of benzene rings is 2. The molecule has 0 aliphatic heterocycles. The van der Waals surface area contributed by atoms with E-state index in [1.165, 1.54) is 28.7 Å². The monoisotopic (exact) mass is 437 g/mol. The van der Waals surface area contributed by atoms with Crippen molar-refractivity contribution in [2.45, 2.75) is 30.7 Å². The van der Waals surface area contributed by atoms with E-state index in [4.69, 9.17) is 9.84 Å². The first-order chi connectivity index (χ1) is 14.1. The summed E-state index contributed by atoms with van der Waals surface area (Å²) in [6.07, 6.45) is -4.44. The number of carboxylic acid groups (broad SMARTS) is 1. The number of carbonyl (C=O) groups is 1. The standard InChI is InChI=1S/C20H18F3N3O3S/c1-12-8-16(6-7-18(12)29-10-19(27)28)30-11-17-13(2)24-26(25-17)15-5-3-4-14(9-15)20(21,22)23/h3-9H,10-11H2,1-2H3,(H,27,28). The summed E-state index contributed by atoms with van der Waals surface area (Å²) in [5, 5.41) is 17.3. The molecule has 1 aromatic heterocycles. The average molecular weight is 437 g/mol. The van der Waals surface area contributed by atoms with E-state index in [0.717, 1.165) is 22.6 Å². The van der Waals surface area contributed by atoms with E-state index < -0.39 is 24.3 Å². The molecule has 3 aromatic rings. The van der Waals surface area contributed by atoms with E-state index in [0.29, 0.717) is 22.9 Å². The van der Waals surface area contributed by atoms with Crippen molar-refractivity contribution in [3.63, 3.8) is 0 Å².